The molecule has 0 saturated carbocycles. The van der Waals surface area contributed by atoms with Gasteiger partial charge in [0.25, 0.3) is 5.69 Å². The predicted octanol–water partition coefficient (Wildman–Crippen LogP) is 1.89. The fraction of sp³-hybridized carbons (Fsp3) is 0.235. The van der Waals surface area contributed by atoms with Crippen LogP contribution in [-0.4, -0.2) is 53.6 Å². The summed E-state index contributed by atoms with van der Waals surface area (Å²) >= 11 is 5.77. The number of aliphatic hydroxyl groups is 1. The Bertz CT molecular complexity index is 1010. The number of nitro groups is 1. The van der Waals surface area contributed by atoms with Crippen LogP contribution in [0.25, 0.3) is 0 Å². The molecular weight excluding hydrogens is 428 g/mol. The van der Waals surface area contributed by atoms with Crippen molar-refractivity contribution in [2.24, 2.45) is 0 Å². The van der Waals surface area contributed by atoms with E-state index in [0.717, 1.165) is 6.07 Å². The highest BCUT2D eigenvalue weighted by atomic mass is 35.5. The number of methoxy groups -OCH3 is 1. The van der Waals surface area contributed by atoms with E-state index in [-0.39, 0.29) is 15.5 Å². The van der Waals surface area contributed by atoms with Crippen LogP contribution in [0.2, 0.25) is 5.02 Å². The third kappa shape index (κ3) is 5.01. The Kier molecular flexibility index (Phi) is 7.14. The molecule has 1 atom stereocenters. The number of nitrogens with zero attached hydrogens (tertiary/aromatic N) is 2. The first-order valence-corrected chi connectivity index (χ1v) is 9.86. The molecular formula is C17H17ClN2O8S. The highest BCUT2D eigenvalue weighted by molar-refractivity contribution is 7.89. The number of rotatable bonds is 9. The average Bonchev–Trinajstić information content (AvgIpc) is 2.68. The van der Waals surface area contributed by atoms with Gasteiger partial charge in [-0.1, -0.05) is 11.6 Å². The lowest BCUT2D eigenvalue weighted by Crippen LogP contribution is -2.46. The van der Waals surface area contributed by atoms with Gasteiger partial charge in [0, 0.05) is 23.2 Å². The first-order valence-electron chi connectivity index (χ1n) is 8.04. The van der Waals surface area contributed by atoms with Crippen molar-refractivity contribution in [3.8, 4) is 5.75 Å². The number of nitro benzene ring substituents is 1. The van der Waals surface area contributed by atoms with Gasteiger partial charge in [0.2, 0.25) is 10.0 Å². The molecule has 0 amide bonds. The van der Waals surface area contributed by atoms with Gasteiger partial charge in [-0.2, -0.15) is 4.31 Å². The summed E-state index contributed by atoms with van der Waals surface area (Å²) in [5, 5.41) is 30.3. The van der Waals surface area contributed by atoms with Crippen molar-refractivity contribution in [2.75, 3.05) is 13.7 Å². The topological polar surface area (TPSA) is 147 Å². The van der Waals surface area contributed by atoms with Crippen LogP contribution in [0.1, 0.15) is 5.56 Å². The molecule has 0 aliphatic carbocycles. The van der Waals surface area contributed by atoms with Crippen molar-refractivity contribution in [1.82, 2.24) is 4.31 Å². The number of carboxylic acid groups (broad SMARTS) is 1. The normalized spacial score (nSPS) is 12.6. The maximum Gasteiger partial charge on any atom is 0.324 e. The van der Waals surface area contributed by atoms with Crippen LogP contribution in [0, 0.1) is 10.1 Å². The number of hydrogen-bond donors (Lipinski definition) is 2. The first kappa shape index (κ1) is 22.6. The molecule has 0 fully saturated rings. The Labute approximate surface area is 171 Å². The van der Waals surface area contributed by atoms with Crippen molar-refractivity contribution in [2.45, 2.75) is 17.5 Å². The van der Waals surface area contributed by atoms with Crippen LogP contribution < -0.4 is 4.74 Å². The van der Waals surface area contributed by atoms with Gasteiger partial charge in [-0.05, 0) is 36.4 Å². The molecule has 0 spiro atoms. The van der Waals surface area contributed by atoms with E-state index < -0.39 is 45.8 Å². The molecule has 0 aliphatic rings. The average molecular weight is 445 g/mol. The van der Waals surface area contributed by atoms with Gasteiger partial charge >= 0.3 is 5.97 Å². The summed E-state index contributed by atoms with van der Waals surface area (Å²) in [6, 6.07) is 6.85. The van der Waals surface area contributed by atoms with Gasteiger partial charge in [-0.15, -0.1) is 0 Å². The smallest absolute Gasteiger partial charge is 0.324 e. The number of sulfonamides is 1. The lowest BCUT2D eigenvalue weighted by atomic mass is 10.1. The molecule has 0 aromatic heterocycles. The van der Waals surface area contributed by atoms with E-state index >= 15 is 0 Å². The van der Waals surface area contributed by atoms with E-state index in [9.17, 15) is 33.5 Å². The molecule has 156 valence electrons. The van der Waals surface area contributed by atoms with Crippen LogP contribution in [0.15, 0.2) is 47.4 Å². The molecule has 2 rings (SSSR count). The molecule has 2 N–H and O–H groups in total. The van der Waals surface area contributed by atoms with Gasteiger partial charge in [0.15, 0.2) is 0 Å². The molecule has 29 heavy (non-hydrogen) atoms. The summed E-state index contributed by atoms with van der Waals surface area (Å²) in [7, 11) is -3.06. The number of aliphatic hydroxyl groups excluding tert-OH is 1. The summed E-state index contributed by atoms with van der Waals surface area (Å²) in [4.78, 5) is 21.9. The molecule has 2 aromatic carbocycles. The zero-order chi connectivity index (χ0) is 21.8. The number of aliphatic carboxylic acids is 1. The lowest BCUT2D eigenvalue weighted by molar-refractivity contribution is -0.385. The lowest BCUT2D eigenvalue weighted by Gasteiger charge is -2.27. The van der Waals surface area contributed by atoms with Crippen molar-refractivity contribution in [3.05, 3.63) is 63.2 Å². The maximum atomic E-state index is 13.1. The van der Waals surface area contributed by atoms with E-state index in [4.69, 9.17) is 16.3 Å². The monoisotopic (exact) mass is 444 g/mol. The van der Waals surface area contributed by atoms with Gasteiger partial charge in [0.1, 0.15) is 11.8 Å². The van der Waals surface area contributed by atoms with E-state index in [2.05, 4.69) is 0 Å². The number of hydrogen-bond acceptors (Lipinski definition) is 7. The first-order chi connectivity index (χ1) is 13.6. The summed E-state index contributed by atoms with van der Waals surface area (Å²) < 4.78 is 31.7. The largest absolute Gasteiger partial charge is 0.497 e. The van der Waals surface area contributed by atoms with E-state index in [0.29, 0.717) is 10.1 Å². The highest BCUT2D eigenvalue weighted by Crippen LogP contribution is 2.28. The van der Waals surface area contributed by atoms with Gasteiger partial charge in [-0.25, -0.2) is 8.42 Å². The fourth-order valence-corrected chi connectivity index (χ4v) is 4.26. The summed E-state index contributed by atoms with van der Waals surface area (Å²) in [5.41, 5.74) is -0.564. The Morgan fingerprint density at radius 3 is 2.38 bits per heavy atom. The standard InChI is InChI=1S/C17H17ClN2O8S/c1-28-13-4-6-14(7-5-13)29(26,27)19(16(10-21)17(22)23)9-11-2-3-12(18)8-15(11)20(24)25/h2-8,16,21H,9-10H2,1H3,(H,22,23). The van der Waals surface area contributed by atoms with Crippen LogP contribution in [-0.2, 0) is 21.4 Å². The summed E-state index contributed by atoms with van der Waals surface area (Å²) in [5.74, 6) is -1.23. The van der Waals surface area contributed by atoms with Crippen LogP contribution >= 0.6 is 11.6 Å². The Hall–Kier alpha value is -2.73. The second-order valence-corrected chi connectivity index (χ2v) is 8.12. The van der Waals surface area contributed by atoms with Crippen molar-refractivity contribution in [3.63, 3.8) is 0 Å². The number of halogens is 1. The second kappa shape index (κ2) is 9.18. The predicted molar refractivity (Wildman–Crippen MR) is 102 cm³/mol. The molecule has 12 heteroatoms. The van der Waals surface area contributed by atoms with Crippen LogP contribution in [0.3, 0.4) is 0 Å². The van der Waals surface area contributed by atoms with E-state index in [1.54, 1.807) is 0 Å². The van der Waals surface area contributed by atoms with Crippen LogP contribution in [0.5, 0.6) is 5.75 Å². The van der Waals surface area contributed by atoms with Crippen LogP contribution in [0.4, 0.5) is 5.69 Å². The minimum absolute atomic E-state index is 0.0574. The molecule has 0 aliphatic heterocycles. The molecule has 0 bridgehead atoms. The molecule has 1 unspecified atom stereocenters. The third-order valence-corrected chi connectivity index (χ3v) is 6.15. The van der Waals surface area contributed by atoms with E-state index in [1.165, 1.54) is 43.5 Å². The van der Waals surface area contributed by atoms with Gasteiger partial charge < -0.3 is 14.9 Å². The second-order valence-electron chi connectivity index (χ2n) is 5.79. The SMILES string of the molecule is COc1ccc(S(=O)(=O)N(Cc2ccc(Cl)cc2[N+](=O)[O-])C(CO)C(=O)O)cc1. The third-order valence-electron chi connectivity index (χ3n) is 4.04. The minimum Gasteiger partial charge on any atom is -0.497 e. The van der Waals surface area contributed by atoms with Crippen molar-refractivity contribution >= 4 is 33.3 Å². The molecule has 10 nitrogen and oxygen atoms in total. The highest BCUT2D eigenvalue weighted by Gasteiger charge is 2.37. The summed E-state index contributed by atoms with van der Waals surface area (Å²) in [6.07, 6.45) is 0. The number of carboxylic acids is 1. The molecule has 0 radical (unpaired) electrons. The minimum atomic E-state index is -4.45. The number of benzene rings is 2. The Balaban J connectivity index is 2.58. The molecule has 0 saturated heterocycles. The fourth-order valence-electron chi connectivity index (χ4n) is 2.55. The van der Waals surface area contributed by atoms with E-state index in [1.807, 2.05) is 0 Å². The molecule has 2 aromatic rings. The zero-order valence-corrected chi connectivity index (χ0v) is 16.6. The quantitative estimate of drug-likeness (QED) is 0.440. The molecule has 0 heterocycles. The van der Waals surface area contributed by atoms with Gasteiger partial charge in [0.05, 0.1) is 23.5 Å². The van der Waals surface area contributed by atoms with Crippen molar-refractivity contribution < 1.29 is 33.1 Å². The maximum absolute atomic E-state index is 13.1. The Morgan fingerprint density at radius 1 is 1.28 bits per heavy atom. The zero-order valence-electron chi connectivity index (χ0n) is 15.1. The summed E-state index contributed by atoms with van der Waals surface area (Å²) in [6.45, 7) is -1.70. The number of ether oxygens (including phenoxy) is 1. The Morgan fingerprint density at radius 2 is 1.90 bits per heavy atom. The van der Waals surface area contributed by atoms with Gasteiger partial charge in [-0.3, -0.25) is 14.9 Å². The van der Waals surface area contributed by atoms with Crippen molar-refractivity contribution in [1.29, 1.82) is 0 Å². The number of carbonyl (C=O) groups is 1.